The van der Waals surface area contributed by atoms with Crippen molar-refractivity contribution in [3.05, 3.63) is 71.1 Å². The number of ether oxygens (including phenoxy) is 2. The number of carbonyl (C=O) groups is 2. The van der Waals surface area contributed by atoms with Crippen LogP contribution in [0.25, 0.3) is 5.70 Å². The van der Waals surface area contributed by atoms with E-state index < -0.39 is 12.1 Å². The first-order valence-corrected chi connectivity index (χ1v) is 9.06. The highest BCUT2D eigenvalue weighted by molar-refractivity contribution is 8.02. The third-order valence-electron chi connectivity index (χ3n) is 3.95. The highest BCUT2D eigenvalue weighted by Gasteiger charge is 2.35. The highest BCUT2D eigenvalue weighted by atomic mass is 32.2. The number of carbonyl (C=O) groups excluding carboxylic acids is 2. The van der Waals surface area contributed by atoms with Gasteiger partial charge in [-0.25, -0.2) is 0 Å². The van der Waals surface area contributed by atoms with Crippen LogP contribution in [0.4, 0.5) is 0 Å². The van der Waals surface area contributed by atoms with Crippen LogP contribution in [0.1, 0.15) is 23.3 Å². The van der Waals surface area contributed by atoms with Crippen molar-refractivity contribution in [1.29, 1.82) is 0 Å². The second-order valence-electron chi connectivity index (χ2n) is 5.75. The van der Waals surface area contributed by atoms with Crippen LogP contribution in [0.5, 0.6) is 5.75 Å². The predicted molar refractivity (Wildman–Crippen MR) is 101 cm³/mol. The van der Waals surface area contributed by atoms with Crippen LogP contribution < -0.4 is 10.1 Å². The van der Waals surface area contributed by atoms with E-state index in [1.165, 1.54) is 18.7 Å². The van der Waals surface area contributed by atoms with Crippen molar-refractivity contribution in [2.75, 3.05) is 7.11 Å². The standard InChI is InChI=1S/C20H19NO4S/c1-13(22)25-18-19(15-8-10-16(24-2)11-9-15)26-12-17(21-20(18)23)14-6-4-3-5-7-14/h3-12,18-19H,1-2H3,(H,21,23)/t18-,19+/m1/s1. The van der Waals surface area contributed by atoms with Gasteiger partial charge in [0.25, 0.3) is 5.91 Å². The SMILES string of the molecule is COc1ccc([C@@H]2SC=C(c3ccccc3)NC(=O)[C@@H]2OC(C)=O)cc1. The lowest BCUT2D eigenvalue weighted by Gasteiger charge is -2.23. The zero-order chi connectivity index (χ0) is 18.5. The molecule has 2 atom stereocenters. The quantitative estimate of drug-likeness (QED) is 0.836. The molecule has 2 aromatic carbocycles. The molecule has 0 bridgehead atoms. The number of esters is 1. The van der Waals surface area contributed by atoms with Gasteiger partial charge in [0, 0.05) is 6.92 Å². The number of amides is 1. The van der Waals surface area contributed by atoms with Gasteiger partial charge < -0.3 is 14.8 Å². The van der Waals surface area contributed by atoms with Crippen molar-refractivity contribution < 1.29 is 19.1 Å². The molecule has 6 heteroatoms. The van der Waals surface area contributed by atoms with Gasteiger partial charge in [0.15, 0.2) is 6.10 Å². The monoisotopic (exact) mass is 369 g/mol. The van der Waals surface area contributed by atoms with E-state index in [1.807, 2.05) is 60.0 Å². The minimum atomic E-state index is -0.927. The van der Waals surface area contributed by atoms with Gasteiger partial charge in [0.05, 0.1) is 18.1 Å². The van der Waals surface area contributed by atoms with E-state index >= 15 is 0 Å². The molecule has 3 rings (SSSR count). The smallest absolute Gasteiger partial charge is 0.303 e. The van der Waals surface area contributed by atoms with Crippen molar-refractivity contribution in [1.82, 2.24) is 5.32 Å². The van der Waals surface area contributed by atoms with E-state index in [4.69, 9.17) is 9.47 Å². The molecule has 0 saturated heterocycles. The maximum atomic E-state index is 12.8. The number of nitrogens with one attached hydrogen (secondary N) is 1. The van der Waals surface area contributed by atoms with E-state index in [0.717, 1.165) is 16.9 Å². The summed E-state index contributed by atoms with van der Waals surface area (Å²) in [5.41, 5.74) is 2.46. The van der Waals surface area contributed by atoms with Gasteiger partial charge in [-0.05, 0) is 28.7 Å². The lowest BCUT2D eigenvalue weighted by atomic mass is 10.1. The third kappa shape index (κ3) is 4.08. The van der Waals surface area contributed by atoms with Gasteiger partial charge in [-0.3, -0.25) is 9.59 Å². The summed E-state index contributed by atoms with van der Waals surface area (Å²) in [5, 5.41) is 4.41. The predicted octanol–water partition coefficient (Wildman–Crippen LogP) is 3.53. The molecule has 134 valence electrons. The third-order valence-corrected chi connectivity index (χ3v) is 5.13. The normalized spacial score (nSPS) is 19.8. The fourth-order valence-corrected chi connectivity index (χ4v) is 3.80. The summed E-state index contributed by atoms with van der Waals surface area (Å²) in [6.07, 6.45) is -0.927. The molecule has 1 aliphatic rings. The summed E-state index contributed by atoms with van der Waals surface area (Å²) in [6.45, 7) is 1.31. The Labute approximate surface area is 156 Å². The first kappa shape index (κ1) is 18.1. The molecule has 1 amide bonds. The summed E-state index contributed by atoms with van der Waals surface area (Å²) < 4.78 is 10.5. The van der Waals surface area contributed by atoms with Gasteiger partial charge in [-0.15, -0.1) is 11.8 Å². The summed E-state index contributed by atoms with van der Waals surface area (Å²) in [6, 6.07) is 17.0. The minimum absolute atomic E-state index is 0.346. The zero-order valence-electron chi connectivity index (χ0n) is 14.5. The number of methoxy groups -OCH3 is 1. The fourth-order valence-electron chi connectivity index (χ4n) is 2.68. The van der Waals surface area contributed by atoms with Crippen LogP contribution in [0.3, 0.4) is 0 Å². The van der Waals surface area contributed by atoms with E-state index in [1.54, 1.807) is 7.11 Å². The van der Waals surface area contributed by atoms with Crippen LogP contribution in [0, 0.1) is 0 Å². The number of benzene rings is 2. The number of hydrogen-bond acceptors (Lipinski definition) is 5. The molecule has 0 radical (unpaired) electrons. The van der Waals surface area contributed by atoms with E-state index in [-0.39, 0.29) is 11.2 Å². The largest absolute Gasteiger partial charge is 0.497 e. The van der Waals surface area contributed by atoms with Crippen molar-refractivity contribution in [3.8, 4) is 5.75 Å². The second-order valence-corrected chi connectivity index (χ2v) is 6.76. The molecule has 1 N–H and O–H groups in total. The number of thioether (sulfide) groups is 1. The minimum Gasteiger partial charge on any atom is -0.497 e. The van der Waals surface area contributed by atoms with E-state index in [0.29, 0.717) is 5.70 Å². The molecule has 0 aromatic heterocycles. The van der Waals surface area contributed by atoms with Gasteiger partial charge in [-0.1, -0.05) is 42.5 Å². The Kier molecular flexibility index (Phi) is 5.63. The van der Waals surface area contributed by atoms with Gasteiger partial charge >= 0.3 is 5.97 Å². The molecule has 0 aliphatic carbocycles. The molecule has 1 aliphatic heterocycles. The Balaban J connectivity index is 1.95. The van der Waals surface area contributed by atoms with Gasteiger partial charge in [0.1, 0.15) is 5.75 Å². The highest BCUT2D eigenvalue weighted by Crippen LogP contribution is 2.39. The van der Waals surface area contributed by atoms with E-state index in [9.17, 15) is 9.59 Å². The first-order chi connectivity index (χ1) is 12.6. The molecule has 5 nitrogen and oxygen atoms in total. The molecular weight excluding hydrogens is 350 g/mol. The van der Waals surface area contributed by atoms with Crippen molar-refractivity contribution in [3.63, 3.8) is 0 Å². The van der Waals surface area contributed by atoms with Gasteiger partial charge in [-0.2, -0.15) is 0 Å². The molecule has 1 heterocycles. The fraction of sp³-hybridized carbons (Fsp3) is 0.200. The molecular formula is C20H19NO4S. The van der Waals surface area contributed by atoms with Crippen LogP contribution >= 0.6 is 11.8 Å². The number of hydrogen-bond donors (Lipinski definition) is 1. The summed E-state index contributed by atoms with van der Waals surface area (Å²) >= 11 is 1.44. The van der Waals surface area contributed by atoms with Crippen LogP contribution in [0.2, 0.25) is 0 Å². The van der Waals surface area contributed by atoms with Crippen LogP contribution in [-0.4, -0.2) is 25.1 Å². The van der Waals surface area contributed by atoms with E-state index in [2.05, 4.69) is 5.32 Å². The Morgan fingerprint density at radius 1 is 1.08 bits per heavy atom. The molecule has 0 unspecified atom stereocenters. The Bertz CT molecular complexity index is 817. The maximum absolute atomic E-state index is 12.8. The van der Waals surface area contributed by atoms with Crippen LogP contribution in [0.15, 0.2) is 60.0 Å². The van der Waals surface area contributed by atoms with Gasteiger partial charge in [0.2, 0.25) is 0 Å². The topological polar surface area (TPSA) is 64.6 Å². The average molecular weight is 369 g/mol. The first-order valence-electron chi connectivity index (χ1n) is 8.11. The van der Waals surface area contributed by atoms with Crippen molar-refractivity contribution in [2.45, 2.75) is 18.3 Å². The summed E-state index contributed by atoms with van der Waals surface area (Å²) in [4.78, 5) is 24.3. The lowest BCUT2D eigenvalue weighted by Crippen LogP contribution is -2.38. The molecule has 26 heavy (non-hydrogen) atoms. The average Bonchev–Trinajstić information content (AvgIpc) is 2.82. The molecule has 0 saturated carbocycles. The Morgan fingerprint density at radius 2 is 1.77 bits per heavy atom. The molecule has 0 fully saturated rings. The van der Waals surface area contributed by atoms with Crippen molar-refractivity contribution >= 4 is 29.3 Å². The summed E-state index contributed by atoms with van der Waals surface area (Å²) in [7, 11) is 1.60. The summed E-state index contributed by atoms with van der Waals surface area (Å²) in [5.74, 6) is -0.116. The molecule has 0 spiro atoms. The van der Waals surface area contributed by atoms with Crippen molar-refractivity contribution in [2.24, 2.45) is 0 Å². The number of rotatable bonds is 4. The van der Waals surface area contributed by atoms with Crippen LogP contribution in [-0.2, 0) is 14.3 Å². The Morgan fingerprint density at radius 3 is 2.38 bits per heavy atom. The lowest BCUT2D eigenvalue weighted by molar-refractivity contribution is -0.153. The zero-order valence-corrected chi connectivity index (χ0v) is 15.3. The maximum Gasteiger partial charge on any atom is 0.303 e. The second kappa shape index (κ2) is 8.10. The Hall–Kier alpha value is -2.73. The molecule has 2 aromatic rings.